The number of carbonyl (C=O) groups excluding carboxylic acids is 1. The molecule has 1 aromatic carbocycles. The van der Waals surface area contributed by atoms with Crippen molar-refractivity contribution in [3.8, 4) is 10.8 Å². The van der Waals surface area contributed by atoms with Crippen LogP contribution in [0.5, 0.6) is 0 Å². The first kappa shape index (κ1) is 17.0. The Labute approximate surface area is 156 Å². The number of rotatable bonds is 4. The van der Waals surface area contributed by atoms with Crippen molar-refractivity contribution in [1.82, 2.24) is 14.8 Å². The Morgan fingerprint density at radius 3 is 2.77 bits per heavy atom. The molecule has 0 bridgehead atoms. The molecule has 0 spiro atoms. The van der Waals surface area contributed by atoms with E-state index in [1.54, 1.807) is 17.6 Å². The molecule has 0 saturated carbocycles. The fourth-order valence-corrected chi connectivity index (χ4v) is 3.99. The Morgan fingerprint density at radius 2 is 1.96 bits per heavy atom. The molecule has 1 aliphatic heterocycles. The van der Waals surface area contributed by atoms with Crippen molar-refractivity contribution in [3.05, 3.63) is 65.4 Å². The van der Waals surface area contributed by atoms with Gasteiger partial charge in [-0.1, -0.05) is 18.2 Å². The zero-order chi connectivity index (χ0) is 17.8. The zero-order valence-electron chi connectivity index (χ0n) is 14.5. The number of nitrogens with zero attached hydrogens (tertiary/aromatic N) is 3. The van der Waals surface area contributed by atoms with Crippen LogP contribution in [0, 0.1) is 0 Å². The van der Waals surface area contributed by atoms with Crippen LogP contribution in [0.2, 0.25) is 0 Å². The minimum absolute atomic E-state index is 0.126. The van der Waals surface area contributed by atoms with E-state index in [0.29, 0.717) is 0 Å². The van der Waals surface area contributed by atoms with Gasteiger partial charge in [-0.15, -0.1) is 11.3 Å². The summed E-state index contributed by atoms with van der Waals surface area (Å²) in [4.78, 5) is 21.7. The highest BCUT2D eigenvalue weighted by molar-refractivity contribution is 7.13. The number of amides is 1. The van der Waals surface area contributed by atoms with E-state index in [1.165, 1.54) is 0 Å². The van der Waals surface area contributed by atoms with Gasteiger partial charge in [0, 0.05) is 43.7 Å². The van der Waals surface area contributed by atoms with Gasteiger partial charge in [0.1, 0.15) is 0 Å². The fourth-order valence-electron chi connectivity index (χ4n) is 3.22. The quantitative estimate of drug-likeness (QED) is 0.705. The van der Waals surface area contributed by atoms with E-state index in [2.05, 4.69) is 15.3 Å². The smallest absolute Gasteiger partial charge is 0.253 e. The summed E-state index contributed by atoms with van der Waals surface area (Å²) in [6.07, 6.45) is 2.65. The molecule has 4 rings (SSSR count). The lowest BCUT2D eigenvalue weighted by molar-refractivity contribution is 0.0761. The van der Waals surface area contributed by atoms with Gasteiger partial charge in [0.25, 0.3) is 5.91 Å². The molecule has 3 heterocycles. The number of furan rings is 1. The number of hydrogen-bond donors (Lipinski definition) is 0. The number of aromatic nitrogens is 1. The van der Waals surface area contributed by atoms with Crippen LogP contribution < -0.4 is 0 Å². The molecule has 1 saturated heterocycles. The third-order valence-corrected chi connectivity index (χ3v) is 5.47. The van der Waals surface area contributed by atoms with Gasteiger partial charge in [-0.25, -0.2) is 4.98 Å². The fraction of sp³-hybridized carbons (Fsp3) is 0.300. The van der Waals surface area contributed by atoms with Gasteiger partial charge in [0.2, 0.25) is 0 Å². The van der Waals surface area contributed by atoms with E-state index in [9.17, 15) is 4.79 Å². The topological polar surface area (TPSA) is 49.6 Å². The van der Waals surface area contributed by atoms with E-state index >= 15 is 0 Å². The maximum absolute atomic E-state index is 12.6. The maximum Gasteiger partial charge on any atom is 0.253 e. The molecule has 6 heteroatoms. The van der Waals surface area contributed by atoms with E-state index in [1.807, 2.05) is 47.4 Å². The molecule has 0 N–H and O–H groups in total. The highest BCUT2D eigenvalue weighted by atomic mass is 32.1. The average molecular weight is 367 g/mol. The van der Waals surface area contributed by atoms with Crippen molar-refractivity contribution >= 4 is 17.2 Å². The van der Waals surface area contributed by atoms with Crippen LogP contribution in [0.3, 0.4) is 0 Å². The van der Waals surface area contributed by atoms with Crippen molar-refractivity contribution < 1.29 is 9.21 Å². The second-order valence-corrected chi connectivity index (χ2v) is 7.27. The van der Waals surface area contributed by atoms with Crippen molar-refractivity contribution in [2.24, 2.45) is 0 Å². The molecule has 1 amide bonds. The third kappa shape index (κ3) is 3.86. The van der Waals surface area contributed by atoms with E-state index in [-0.39, 0.29) is 5.91 Å². The molecule has 2 aromatic heterocycles. The van der Waals surface area contributed by atoms with Crippen LogP contribution in [0.25, 0.3) is 10.8 Å². The van der Waals surface area contributed by atoms with Crippen LogP contribution in [0.1, 0.15) is 22.5 Å². The van der Waals surface area contributed by atoms with Crippen molar-refractivity contribution in [3.63, 3.8) is 0 Å². The highest BCUT2D eigenvalue weighted by Gasteiger charge is 2.20. The summed E-state index contributed by atoms with van der Waals surface area (Å²) in [6.45, 7) is 4.21. The summed E-state index contributed by atoms with van der Waals surface area (Å²) in [5.74, 6) is 0.943. The Hall–Kier alpha value is -2.44. The largest absolute Gasteiger partial charge is 0.462 e. The van der Waals surface area contributed by atoms with Crippen LogP contribution in [-0.2, 0) is 6.54 Å². The first-order valence-electron chi connectivity index (χ1n) is 8.84. The van der Waals surface area contributed by atoms with Crippen molar-refractivity contribution in [2.45, 2.75) is 13.0 Å². The highest BCUT2D eigenvalue weighted by Crippen LogP contribution is 2.24. The second kappa shape index (κ2) is 7.85. The third-order valence-electron chi connectivity index (χ3n) is 4.57. The van der Waals surface area contributed by atoms with Crippen LogP contribution >= 0.6 is 11.3 Å². The first-order chi connectivity index (χ1) is 12.8. The normalized spacial score (nSPS) is 15.8. The lowest BCUT2D eigenvalue weighted by atomic mass is 10.2. The summed E-state index contributed by atoms with van der Waals surface area (Å²) in [6, 6.07) is 13.3. The molecule has 0 atom stereocenters. The Balaban J connectivity index is 1.36. The summed E-state index contributed by atoms with van der Waals surface area (Å²) >= 11 is 1.61. The van der Waals surface area contributed by atoms with Crippen molar-refractivity contribution in [1.29, 1.82) is 0 Å². The number of thiazole rings is 1. The molecule has 134 valence electrons. The number of carbonyl (C=O) groups is 1. The van der Waals surface area contributed by atoms with Crippen LogP contribution in [-0.4, -0.2) is 46.9 Å². The van der Waals surface area contributed by atoms with Crippen LogP contribution in [0.15, 0.2) is 58.5 Å². The van der Waals surface area contributed by atoms with Crippen LogP contribution in [0.4, 0.5) is 0 Å². The monoisotopic (exact) mass is 367 g/mol. The lowest BCUT2D eigenvalue weighted by Crippen LogP contribution is -2.35. The molecule has 1 fully saturated rings. The molecular formula is C20H21N3O2S. The molecule has 3 aromatic rings. The summed E-state index contributed by atoms with van der Waals surface area (Å²) in [7, 11) is 0. The average Bonchev–Trinajstić information content (AvgIpc) is 3.31. The van der Waals surface area contributed by atoms with E-state index < -0.39 is 0 Å². The predicted octanol–water partition coefficient (Wildman–Crippen LogP) is 3.75. The van der Waals surface area contributed by atoms with Crippen molar-refractivity contribution in [2.75, 3.05) is 26.2 Å². The molecule has 0 unspecified atom stereocenters. The van der Waals surface area contributed by atoms with Gasteiger partial charge in [-0.05, 0) is 30.7 Å². The Bertz CT molecular complexity index is 845. The number of benzene rings is 1. The molecule has 26 heavy (non-hydrogen) atoms. The summed E-state index contributed by atoms with van der Waals surface area (Å²) in [5, 5.41) is 3.01. The first-order valence-corrected chi connectivity index (χ1v) is 9.72. The molecule has 0 radical (unpaired) electrons. The van der Waals surface area contributed by atoms with Gasteiger partial charge < -0.3 is 9.32 Å². The SMILES string of the molecule is O=C(c1ccccc1)N1CCCN(Cc2csc(-c3ccco3)n2)CC1. The zero-order valence-corrected chi connectivity index (χ0v) is 15.3. The maximum atomic E-state index is 12.6. The predicted molar refractivity (Wildman–Crippen MR) is 102 cm³/mol. The van der Waals surface area contributed by atoms with Gasteiger partial charge in [-0.2, -0.15) is 0 Å². The summed E-state index contributed by atoms with van der Waals surface area (Å²) < 4.78 is 5.42. The summed E-state index contributed by atoms with van der Waals surface area (Å²) in [5.41, 5.74) is 1.83. The molecular weight excluding hydrogens is 346 g/mol. The van der Waals surface area contributed by atoms with Gasteiger partial charge in [-0.3, -0.25) is 9.69 Å². The van der Waals surface area contributed by atoms with Gasteiger partial charge in [0.05, 0.1) is 12.0 Å². The van der Waals surface area contributed by atoms with E-state index in [0.717, 1.165) is 61.2 Å². The minimum atomic E-state index is 0.126. The molecule has 0 aliphatic carbocycles. The van der Waals surface area contributed by atoms with E-state index in [4.69, 9.17) is 4.42 Å². The second-order valence-electron chi connectivity index (χ2n) is 6.41. The van der Waals surface area contributed by atoms with Gasteiger partial charge >= 0.3 is 0 Å². The Kier molecular flexibility index (Phi) is 5.13. The molecule has 1 aliphatic rings. The van der Waals surface area contributed by atoms with Gasteiger partial charge in [0.15, 0.2) is 10.8 Å². The lowest BCUT2D eigenvalue weighted by Gasteiger charge is -2.21. The Morgan fingerprint density at radius 1 is 1.08 bits per heavy atom. The minimum Gasteiger partial charge on any atom is -0.462 e. The molecule has 5 nitrogen and oxygen atoms in total. The number of hydrogen-bond acceptors (Lipinski definition) is 5. The standard InChI is InChI=1S/C20H21N3O2S/c24-20(16-6-2-1-3-7-16)23-10-5-9-22(11-12-23)14-17-15-26-19(21-17)18-8-4-13-25-18/h1-4,6-8,13,15H,5,9-12,14H2.